The topological polar surface area (TPSA) is 63.0 Å². The number of hydroxylamine groups is 1. The number of fused-ring (bicyclic) bond motifs is 1. The fraction of sp³-hybridized carbons (Fsp3) is 0.143. The molecule has 2 amide bonds. The highest BCUT2D eigenvalue weighted by Gasteiger charge is 2.61. The summed E-state index contributed by atoms with van der Waals surface area (Å²) in [6.07, 6.45) is 0.623. The molecule has 3 aromatic rings. The van der Waals surface area contributed by atoms with Gasteiger partial charge in [-0.05, 0) is 48.5 Å². The van der Waals surface area contributed by atoms with Gasteiger partial charge in [0.15, 0.2) is 6.10 Å². The Balaban J connectivity index is 1.57. The number of carbonyl (C=O) groups excluding carboxylic acids is 2. The van der Waals surface area contributed by atoms with E-state index in [0.717, 1.165) is 0 Å². The minimum absolute atomic E-state index is 0.306. The van der Waals surface area contributed by atoms with Gasteiger partial charge in [-0.15, -0.1) is 0 Å². The Hall–Kier alpha value is -3.09. The summed E-state index contributed by atoms with van der Waals surface area (Å²) in [5, 5.41) is 2.16. The van der Waals surface area contributed by atoms with Crippen LogP contribution in [0.25, 0.3) is 0 Å². The molecule has 3 heterocycles. The van der Waals surface area contributed by atoms with Crippen molar-refractivity contribution < 1.29 is 18.8 Å². The van der Waals surface area contributed by atoms with Crippen LogP contribution in [0.5, 0.6) is 0 Å². The number of carbonyl (C=O) groups is 2. The van der Waals surface area contributed by atoms with Gasteiger partial charge >= 0.3 is 0 Å². The van der Waals surface area contributed by atoms with E-state index in [2.05, 4.69) is 0 Å². The van der Waals surface area contributed by atoms with Crippen LogP contribution in [0.2, 0.25) is 5.02 Å². The first-order chi connectivity index (χ1) is 13.6. The van der Waals surface area contributed by atoms with E-state index in [1.807, 2.05) is 6.07 Å². The summed E-state index contributed by atoms with van der Waals surface area (Å²) >= 11 is 5.99. The largest absolute Gasteiger partial charge is 0.467 e. The maximum absolute atomic E-state index is 13.3. The molecule has 6 nitrogen and oxygen atoms in total. The first kappa shape index (κ1) is 17.0. The molecule has 0 saturated carbocycles. The summed E-state index contributed by atoms with van der Waals surface area (Å²) < 4.78 is 5.60. The van der Waals surface area contributed by atoms with Crippen LogP contribution in [0.15, 0.2) is 77.4 Å². The van der Waals surface area contributed by atoms with Gasteiger partial charge in [-0.1, -0.05) is 29.8 Å². The molecule has 0 spiro atoms. The van der Waals surface area contributed by atoms with E-state index in [0.29, 0.717) is 22.2 Å². The summed E-state index contributed by atoms with van der Waals surface area (Å²) in [6.45, 7) is 0. The monoisotopic (exact) mass is 394 g/mol. The Morgan fingerprint density at radius 1 is 0.821 bits per heavy atom. The van der Waals surface area contributed by atoms with Gasteiger partial charge in [0.1, 0.15) is 17.7 Å². The molecule has 2 saturated heterocycles. The average Bonchev–Trinajstić information content (AvgIpc) is 3.41. The Labute approximate surface area is 165 Å². The van der Waals surface area contributed by atoms with Crippen molar-refractivity contribution in [3.05, 3.63) is 83.8 Å². The SMILES string of the molecule is O=C1[C@H]2[C@H](ON(c3ccc(Cl)cc3)[C@@H]2c2ccco2)C(=O)N1c1ccccc1. The molecule has 2 aliphatic heterocycles. The molecule has 3 atom stereocenters. The Morgan fingerprint density at radius 3 is 2.25 bits per heavy atom. The zero-order valence-electron chi connectivity index (χ0n) is 14.6. The second kappa shape index (κ2) is 6.51. The number of amides is 2. The summed E-state index contributed by atoms with van der Waals surface area (Å²) in [5.41, 5.74) is 1.22. The van der Waals surface area contributed by atoms with Crippen LogP contribution >= 0.6 is 11.6 Å². The molecule has 0 bridgehead atoms. The third-order valence-corrected chi connectivity index (χ3v) is 5.30. The van der Waals surface area contributed by atoms with Crippen LogP contribution in [-0.4, -0.2) is 17.9 Å². The van der Waals surface area contributed by atoms with Crippen LogP contribution in [0.1, 0.15) is 11.8 Å². The van der Waals surface area contributed by atoms with Crippen molar-refractivity contribution in [2.24, 2.45) is 5.92 Å². The number of imide groups is 1. The standard InChI is InChI=1S/C21H15ClN2O4/c22-13-8-10-15(11-9-13)24-18(16-7-4-12-27-16)17-19(28-24)21(26)23(20(17)25)14-5-2-1-3-6-14/h1-12,17-19H/t17-,18-,19+/m1/s1. The van der Waals surface area contributed by atoms with Gasteiger partial charge in [-0.2, -0.15) is 0 Å². The van der Waals surface area contributed by atoms with Gasteiger partial charge in [0, 0.05) is 5.02 Å². The molecule has 28 heavy (non-hydrogen) atoms. The van der Waals surface area contributed by atoms with Crippen LogP contribution in [0, 0.1) is 5.92 Å². The second-order valence-electron chi connectivity index (χ2n) is 6.66. The molecular formula is C21H15ClN2O4. The predicted molar refractivity (Wildman–Crippen MR) is 103 cm³/mol. The number of rotatable bonds is 3. The minimum atomic E-state index is -0.918. The van der Waals surface area contributed by atoms with Gasteiger partial charge in [0.25, 0.3) is 5.91 Å². The normalized spacial score (nSPS) is 24.1. The van der Waals surface area contributed by atoms with Crippen molar-refractivity contribution in [1.82, 2.24) is 0 Å². The van der Waals surface area contributed by atoms with Gasteiger partial charge in [-0.25, -0.2) is 9.96 Å². The van der Waals surface area contributed by atoms with E-state index < -0.39 is 18.1 Å². The molecular weight excluding hydrogens is 380 g/mol. The highest BCUT2D eigenvalue weighted by atomic mass is 35.5. The van der Waals surface area contributed by atoms with Gasteiger partial charge in [0.05, 0.1) is 17.6 Å². The van der Waals surface area contributed by atoms with E-state index in [1.165, 1.54) is 4.90 Å². The molecule has 0 radical (unpaired) electrons. The maximum Gasteiger partial charge on any atom is 0.266 e. The lowest BCUT2D eigenvalue weighted by molar-refractivity contribution is -0.126. The molecule has 1 aromatic heterocycles. The Bertz CT molecular complexity index is 1020. The van der Waals surface area contributed by atoms with E-state index in [9.17, 15) is 9.59 Å². The van der Waals surface area contributed by atoms with E-state index in [4.69, 9.17) is 20.9 Å². The Morgan fingerprint density at radius 2 is 1.57 bits per heavy atom. The smallest absolute Gasteiger partial charge is 0.266 e. The zero-order valence-corrected chi connectivity index (χ0v) is 15.3. The van der Waals surface area contributed by atoms with E-state index in [1.54, 1.807) is 72.0 Å². The minimum Gasteiger partial charge on any atom is -0.467 e. The summed E-state index contributed by atoms with van der Waals surface area (Å²) in [6, 6.07) is 18.9. The third kappa shape index (κ3) is 2.53. The van der Waals surface area contributed by atoms with Gasteiger partial charge in [-0.3, -0.25) is 14.4 Å². The van der Waals surface area contributed by atoms with Crippen LogP contribution < -0.4 is 9.96 Å². The van der Waals surface area contributed by atoms with Crippen molar-refractivity contribution in [2.75, 3.05) is 9.96 Å². The fourth-order valence-corrected chi connectivity index (χ4v) is 3.93. The van der Waals surface area contributed by atoms with E-state index >= 15 is 0 Å². The van der Waals surface area contributed by atoms with Crippen LogP contribution in [0.4, 0.5) is 11.4 Å². The molecule has 2 aromatic carbocycles. The lowest BCUT2D eigenvalue weighted by atomic mass is 9.94. The molecule has 0 aliphatic carbocycles. The number of benzene rings is 2. The molecule has 2 aliphatic rings. The van der Waals surface area contributed by atoms with E-state index in [-0.39, 0.29) is 11.8 Å². The zero-order chi connectivity index (χ0) is 19.3. The number of furan rings is 1. The Kier molecular flexibility index (Phi) is 3.96. The number of halogens is 1. The highest BCUT2D eigenvalue weighted by molar-refractivity contribution is 6.30. The lowest BCUT2D eigenvalue weighted by Gasteiger charge is -2.27. The average molecular weight is 395 g/mol. The number of hydrogen-bond acceptors (Lipinski definition) is 5. The second-order valence-corrected chi connectivity index (χ2v) is 7.10. The summed E-state index contributed by atoms with van der Waals surface area (Å²) in [4.78, 5) is 33.5. The van der Waals surface area contributed by atoms with Crippen molar-refractivity contribution >= 4 is 34.8 Å². The molecule has 5 rings (SSSR count). The number of para-hydroxylation sites is 1. The predicted octanol–water partition coefficient (Wildman–Crippen LogP) is 3.98. The number of hydrogen-bond donors (Lipinski definition) is 0. The van der Waals surface area contributed by atoms with Crippen molar-refractivity contribution in [3.8, 4) is 0 Å². The number of nitrogens with zero attached hydrogens (tertiary/aromatic N) is 2. The van der Waals surface area contributed by atoms with Crippen molar-refractivity contribution in [3.63, 3.8) is 0 Å². The summed E-state index contributed by atoms with van der Waals surface area (Å²) in [7, 11) is 0. The maximum atomic E-state index is 13.3. The van der Waals surface area contributed by atoms with Crippen LogP contribution in [-0.2, 0) is 14.4 Å². The molecule has 0 N–H and O–H groups in total. The fourth-order valence-electron chi connectivity index (χ4n) is 3.81. The molecule has 2 fully saturated rings. The first-order valence-corrected chi connectivity index (χ1v) is 9.21. The van der Waals surface area contributed by atoms with Crippen LogP contribution in [0.3, 0.4) is 0 Å². The molecule has 7 heteroatoms. The summed E-state index contributed by atoms with van der Waals surface area (Å²) in [5.74, 6) is -0.846. The molecule has 140 valence electrons. The van der Waals surface area contributed by atoms with Crippen molar-refractivity contribution in [1.29, 1.82) is 0 Å². The van der Waals surface area contributed by atoms with Gasteiger partial charge < -0.3 is 4.42 Å². The number of anilines is 2. The quantitative estimate of drug-likeness (QED) is 0.629. The first-order valence-electron chi connectivity index (χ1n) is 8.83. The lowest BCUT2D eigenvalue weighted by Crippen LogP contribution is -2.37. The molecule has 0 unspecified atom stereocenters. The highest BCUT2D eigenvalue weighted by Crippen LogP contribution is 2.47. The third-order valence-electron chi connectivity index (χ3n) is 5.05. The van der Waals surface area contributed by atoms with Crippen molar-refractivity contribution in [2.45, 2.75) is 12.1 Å². The van der Waals surface area contributed by atoms with Gasteiger partial charge in [0.2, 0.25) is 5.91 Å².